The van der Waals surface area contributed by atoms with Crippen LogP contribution in [0, 0.1) is 17.3 Å². The van der Waals surface area contributed by atoms with E-state index in [2.05, 4.69) is 51.3 Å². The number of benzene rings is 3. The molecule has 0 radical (unpaired) electrons. The fourth-order valence-corrected chi connectivity index (χ4v) is 6.95. The van der Waals surface area contributed by atoms with Gasteiger partial charge in [0.05, 0.1) is 0 Å². The van der Waals surface area contributed by atoms with E-state index in [9.17, 15) is 4.57 Å². The molecule has 0 saturated carbocycles. The van der Waals surface area contributed by atoms with Crippen LogP contribution in [0.1, 0.15) is 51.7 Å². The molecule has 3 aromatic rings. The van der Waals surface area contributed by atoms with Gasteiger partial charge in [-0.3, -0.25) is 0 Å². The highest BCUT2D eigenvalue weighted by Crippen LogP contribution is 2.50. The lowest BCUT2D eigenvalue weighted by Crippen LogP contribution is -2.24. The van der Waals surface area contributed by atoms with E-state index in [0.717, 1.165) is 34.6 Å². The van der Waals surface area contributed by atoms with E-state index in [1.54, 1.807) is 0 Å². The van der Waals surface area contributed by atoms with Gasteiger partial charge in [0.2, 0.25) is 0 Å². The van der Waals surface area contributed by atoms with Crippen LogP contribution in [0.3, 0.4) is 0 Å². The minimum Gasteiger partial charge on any atom is -0.313 e. The molecule has 3 aromatic carbocycles. The zero-order chi connectivity index (χ0) is 23.7. The molecule has 33 heavy (non-hydrogen) atoms. The average Bonchev–Trinajstić information content (AvgIpc) is 2.83. The first-order valence-corrected chi connectivity index (χ1v) is 13.4. The molecule has 0 amide bonds. The molecular weight excluding hydrogens is 419 g/mol. The lowest BCUT2D eigenvalue weighted by molar-refractivity contribution is 0.571. The maximum Gasteiger partial charge on any atom is 0.150 e. The van der Waals surface area contributed by atoms with E-state index < -0.39 is 7.14 Å². The monoisotopic (exact) mass is 452 g/mol. The van der Waals surface area contributed by atoms with Crippen LogP contribution in [0.15, 0.2) is 96.7 Å². The van der Waals surface area contributed by atoms with Crippen molar-refractivity contribution in [1.29, 1.82) is 0 Å². The summed E-state index contributed by atoms with van der Waals surface area (Å²) in [4.78, 5) is 0. The highest BCUT2D eigenvalue weighted by molar-refractivity contribution is 7.79. The first kappa shape index (κ1) is 24.6. The second kappa shape index (κ2) is 11.2. The van der Waals surface area contributed by atoms with Crippen LogP contribution < -0.4 is 10.6 Å². The molecule has 0 heterocycles. The van der Waals surface area contributed by atoms with Crippen molar-refractivity contribution in [2.45, 2.75) is 46.2 Å². The Bertz CT molecular complexity index is 1170. The smallest absolute Gasteiger partial charge is 0.150 e. The summed E-state index contributed by atoms with van der Waals surface area (Å²) in [6.07, 6.45) is 5.75. The molecule has 0 fully saturated rings. The predicted molar refractivity (Wildman–Crippen MR) is 144 cm³/mol. The predicted octanol–water partition coefficient (Wildman–Crippen LogP) is 7.44. The normalized spacial score (nSPS) is 12.1. The van der Waals surface area contributed by atoms with Gasteiger partial charge in [0, 0.05) is 27.2 Å². The lowest BCUT2D eigenvalue weighted by atomic mass is 9.96. The van der Waals surface area contributed by atoms with Gasteiger partial charge in [-0.1, -0.05) is 104 Å². The van der Waals surface area contributed by atoms with Crippen molar-refractivity contribution in [3.05, 3.63) is 108 Å². The average molecular weight is 453 g/mol. The van der Waals surface area contributed by atoms with Gasteiger partial charge in [-0.05, 0) is 51.0 Å². The summed E-state index contributed by atoms with van der Waals surface area (Å²) in [7, 11) is -2.88. The summed E-state index contributed by atoms with van der Waals surface area (Å²) in [5.41, 5.74) is 5.20. The number of allylic oxidation sites excluding steroid dienone is 1. The Balaban J connectivity index is 2.06. The highest BCUT2D eigenvalue weighted by atomic mass is 31.2. The number of hydrogen-bond donors (Lipinski definition) is 0. The molecule has 0 aliphatic heterocycles. The molecule has 3 rings (SSSR count). The first-order chi connectivity index (χ1) is 15.8. The third-order valence-electron chi connectivity index (χ3n) is 5.39. The van der Waals surface area contributed by atoms with Gasteiger partial charge in [-0.2, -0.15) is 0 Å². The fraction of sp³-hybridized carbons (Fsp3) is 0.258. The van der Waals surface area contributed by atoms with Gasteiger partial charge in [0.25, 0.3) is 0 Å². The topological polar surface area (TPSA) is 17.1 Å². The molecule has 0 aliphatic rings. The summed E-state index contributed by atoms with van der Waals surface area (Å²) in [5, 5.41) is 1.79. The van der Waals surface area contributed by atoms with E-state index in [0.29, 0.717) is 0 Å². The van der Waals surface area contributed by atoms with Crippen LogP contribution in [-0.4, -0.2) is 5.66 Å². The van der Waals surface area contributed by atoms with Gasteiger partial charge in [-0.15, -0.1) is 5.73 Å². The maximum absolute atomic E-state index is 14.7. The summed E-state index contributed by atoms with van der Waals surface area (Å²) < 4.78 is 14.7. The molecular formula is C31H33OP. The number of rotatable bonds is 7. The molecule has 2 heteroatoms. The molecule has 0 bridgehead atoms. The lowest BCUT2D eigenvalue weighted by Gasteiger charge is -2.26. The molecule has 0 aromatic heterocycles. The van der Waals surface area contributed by atoms with E-state index >= 15 is 0 Å². The molecule has 0 N–H and O–H groups in total. The van der Waals surface area contributed by atoms with E-state index in [1.807, 2.05) is 91.0 Å². The molecule has 168 valence electrons. The largest absolute Gasteiger partial charge is 0.313 e. The standard InChI is InChI=1S/C31H33OP/c1-5-15-28(23-14-18-26-16-12-13-17-27(26)24-25-31(2,3)4)33(32,29-19-8-6-9-20-29)30-21-10-7-11-22-30/h6-13,16-23,28H,5,15H2,1-4H3. The Kier molecular flexibility index (Phi) is 8.36. The first-order valence-electron chi connectivity index (χ1n) is 11.6. The van der Waals surface area contributed by atoms with Gasteiger partial charge >= 0.3 is 0 Å². The minimum absolute atomic E-state index is 0.0586. The second-order valence-corrected chi connectivity index (χ2v) is 12.3. The minimum atomic E-state index is -2.88. The van der Waals surface area contributed by atoms with Crippen LogP contribution in [0.25, 0.3) is 6.08 Å². The maximum atomic E-state index is 14.7. The molecule has 0 saturated heterocycles. The van der Waals surface area contributed by atoms with E-state index in [1.165, 1.54) is 0 Å². The van der Waals surface area contributed by atoms with Crippen LogP contribution >= 0.6 is 7.14 Å². The molecule has 1 nitrogen and oxygen atoms in total. The summed E-state index contributed by atoms with van der Waals surface area (Å²) in [5.74, 6) is 6.62. The van der Waals surface area contributed by atoms with Crippen LogP contribution in [0.4, 0.5) is 0 Å². The van der Waals surface area contributed by atoms with Gasteiger partial charge in [0.15, 0.2) is 0 Å². The summed E-state index contributed by atoms with van der Waals surface area (Å²) in [6, 6.07) is 27.9. The Morgan fingerprint density at radius 2 is 1.39 bits per heavy atom. The third kappa shape index (κ3) is 6.49. The van der Waals surface area contributed by atoms with Gasteiger partial charge in [0.1, 0.15) is 7.14 Å². The Morgan fingerprint density at radius 1 is 0.848 bits per heavy atom. The van der Waals surface area contributed by atoms with Crippen LogP contribution in [0.5, 0.6) is 0 Å². The zero-order valence-corrected chi connectivity index (χ0v) is 21.0. The van der Waals surface area contributed by atoms with Crippen molar-refractivity contribution in [3.8, 4) is 11.8 Å². The number of hydrogen-bond acceptors (Lipinski definition) is 1. The van der Waals surface area contributed by atoms with Crippen molar-refractivity contribution in [2.75, 3.05) is 0 Å². The molecule has 1 atom stereocenters. The van der Waals surface area contributed by atoms with Gasteiger partial charge in [-0.25, -0.2) is 0 Å². The fourth-order valence-electron chi connectivity index (χ4n) is 3.74. The van der Waals surface area contributed by atoms with E-state index in [4.69, 9.17) is 0 Å². The SMILES string of the molecule is CCCC(C=C=Cc1ccccc1C#CC(C)(C)C)P(=O)(c1ccccc1)c1ccccc1. The summed E-state index contributed by atoms with van der Waals surface area (Å²) >= 11 is 0. The Labute approximate surface area is 199 Å². The van der Waals surface area contributed by atoms with Crippen molar-refractivity contribution >= 4 is 23.8 Å². The quantitative estimate of drug-likeness (QED) is 0.207. The highest BCUT2D eigenvalue weighted by Gasteiger charge is 2.34. The van der Waals surface area contributed by atoms with Crippen molar-refractivity contribution in [1.82, 2.24) is 0 Å². The van der Waals surface area contributed by atoms with Crippen molar-refractivity contribution in [3.63, 3.8) is 0 Å². The Hall–Kier alpha value is -3.03. The third-order valence-corrected chi connectivity index (χ3v) is 8.86. The Morgan fingerprint density at radius 3 is 1.94 bits per heavy atom. The van der Waals surface area contributed by atoms with Crippen molar-refractivity contribution < 1.29 is 4.57 Å². The second-order valence-electron chi connectivity index (χ2n) is 9.25. The molecule has 0 aliphatic carbocycles. The van der Waals surface area contributed by atoms with Crippen LogP contribution in [-0.2, 0) is 4.57 Å². The molecule has 1 unspecified atom stereocenters. The van der Waals surface area contributed by atoms with Crippen molar-refractivity contribution in [2.24, 2.45) is 5.41 Å². The van der Waals surface area contributed by atoms with Crippen LogP contribution in [0.2, 0.25) is 0 Å². The molecule has 0 spiro atoms. The zero-order valence-electron chi connectivity index (χ0n) is 20.1. The van der Waals surface area contributed by atoms with Gasteiger partial charge < -0.3 is 4.57 Å². The summed E-state index contributed by atoms with van der Waals surface area (Å²) in [6.45, 7) is 8.47. The van der Waals surface area contributed by atoms with E-state index in [-0.39, 0.29) is 11.1 Å².